The van der Waals surface area contributed by atoms with Crippen LogP contribution in [0.3, 0.4) is 0 Å². The number of halogens is 1. The molecule has 0 amide bonds. The highest BCUT2D eigenvalue weighted by atomic mass is 79.9. The number of aryl methyl sites for hydroxylation is 1. The molecule has 0 aliphatic rings. The zero-order valence-corrected chi connectivity index (χ0v) is 16.9. The van der Waals surface area contributed by atoms with Crippen molar-refractivity contribution in [3.05, 3.63) is 81.2 Å². The lowest BCUT2D eigenvalue weighted by atomic mass is 10.0. The van der Waals surface area contributed by atoms with Gasteiger partial charge in [0.2, 0.25) is 0 Å². The molecule has 0 aliphatic heterocycles. The van der Waals surface area contributed by atoms with Gasteiger partial charge in [0.15, 0.2) is 5.65 Å². The van der Waals surface area contributed by atoms with Crippen LogP contribution in [0.1, 0.15) is 5.69 Å². The number of aromatic hydroxyl groups is 1. The van der Waals surface area contributed by atoms with Crippen molar-refractivity contribution in [3.8, 4) is 28.3 Å². The summed E-state index contributed by atoms with van der Waals surface area (Å²) in [5.74, 6) is 0.598. The standard InChI is InChI=1S/C22H17BrN2O3/c1-13-3-12-18-20(26)19(14-4-10-17(28-2)11-5-14)22(27)25(21(18)24-13)16-8-6-15(23)7-9-16/h3-12,26H,1-2H3. The maximum atomic E-state index is 13.5. The van der Waals surface area contributed by atoms with E-state index >= 15 is 0 Å². The number of hydrogen-bond donors (Lipinski definition) is 1. The van der Waals surface area contributed by atoms with Gasteiger partial charge in [0.05, 0.1) is 23.7 Å². The Labute approximate surface area is 170 Å². The molecule has 2 heterocycles. The third-order valence-electron chi connectivity index (χ3n) is 4.60. The zero-order valence-electron chi connectivity index (χ0n) is 15.3. The Kier molecular flexibility index (Phi) is 4.65. The van der Waals surface area contributed by atoms with Gasteiger partial charge in [-0.15, -0.1) is 0 Å². The highest BCUT2D eigenvalue weighted by Gasteiger charge is 2.20. The Balaban J connectivity index is 2.10. The second-order valence-corrected chi connectivity index (χ2v) is 7.31. The number of benzene rings is 2. The molecule has 6 heteroatoms. The highest BCUT2D eigenvalue weighted by Crippen LogP contribution is 2.34. The van der Waals surface area contributed by atoms with Crippen molar-refractivity contribution in [2.75, 3.05) is 7.11 Å². The number of rotatable bonds is 3. The van der Waals surface area contributed by atoms with Crippen LogP contribution in [0.25, 0.3) is 27.8 Å². The van der Waals surface area contributed by atoms with Gasteiger partial charge in [-0.3, -0.25) is 9.36 Å². The molecule has 0 aliphatic carbocycles. The molecular weight excluding hydrogens is 420 g/mol. The maximum absolute atomic E-state index is 13.5. The van der Waals surface area contributed by atoms with Crippen LogP contribution in [-0.2, 0) is 0 Å². The van der Waals surface area contributed by atoms with Crippen LogP contribution in [0.5, 0.6) is 11.5 Å². The highest BCUT2D eigenvalue weighted by molar-refractivity contribution is 9.10. The van der Waals surface area contributed by atoms with E-state index in [1.165, 1.54) is 4.57 Å². The Morgan fingerprint density at radius 3 is 2.32 bits per heavy atom. The van der Waals surface area contributed by atoms with Gasteiger partial charge in [-0.1, -0.05) is 28.1 Å². The van der Waals surface area contributed by atoms with E-state index in [0.29, 0.717) is 28.0 Å². The largest absolute Gasteiger partial charge is 0.506 e. The summed E-state index contributed by atoms with van der Waals surface area (Å²) in [6.45, 7) is 1.85. The minimum absolute atomic E-state index is 0.0778. The van der Waals surface area contributed by atoms with Crippen molar-refractivity contribution < 1.29 is 9.84 Å². The number of nitrogens with zero attached hydrogens (tertiary/aromatic N) is 2. The second kappa shape index (κ2) is 7.13. The summed E-state index contributed by atoms with van der Waals surface area (Å²) in [7, 11) is 1.58. The molecule has 140 valence electrons. The first kappa shape index (κ1) is 18.3. The molecule has 0 spiro atoms. The average molecular weight is 437 g/mol. The molecule has 0 atom stereocenters. The van der Waals surface area contributed by atoms with Gasteiger partial charge >= 0.3 is 0 Å². The molecule has 1 N–H and O–H groups in total. The minimum Gasteiger partial charge on any atom is -0.506 e. The number of ether oxygens (including phenoxy) is 1. The first-order chi connectivity index (χ1) is 13.5. The SMILES string of the molecule is COc1ccc(-c2c(O)c3ccc(C)nc3n(-c3ccc(Br)cc3)c2=O)cc1. The first-order valence-electron chi connectivity index (χ1n) is 8.65. The van der Waals surface area contributed by atoms with Gasteiger partial charge in [0.1, 0.15) is 11.5 Å². The lowest BCUT2D eigenvalue weighted by molar-refractivity contribution is 0.415. The van der Waals surface area contributed by atoms with E-state index in [1.54, 1.807) is 37.4 Å². The van der Waals surface area contributed by atoms with E-state index in [-0.39, 0.29) is 16.9 Å². The van der Waals surface area contributed by atoms with Gasteiger partial charge in [0.25, 0.3) is 5.56 Å². The zero-order chi connectivity index (χ0) is 19.8. The number of aromatic nitrogens is 2. The molecule has 28 heavy (non-hydrogen) atoms. The van der Waals surface area contributed by atoms with Gasteiger partial charge in [-0.2, -0.15) is 0 Å². The number of fused-ring (bicyclic) bond motifs is 1. The molecular formula is C22H17BrN2O3. The summed E-state index contributed by atoms with van der Waals surface area (Å²) in [5, 5.41) is 11.4. The van der Waals surface area contributed by atoms with E-state index in [0.717, 1.165) is 10.2 Å². The van der Waals surface area contributed by atoms with Crippen LogP contribution in [0.2, 0.25) is 0 Å². The Morgan fingerprint density at radius 1 is 1.00 bits per heavy atom. The monoisotopic (exact) mass is 436 g/mol. The quantitative estimate of drug-likeness (QED) is 0.499. The van der Waals surface area contributed by atoms with Gasteiger partial charge in [-0.25, -0.2) is 4.98 Å². The Bertz CT molecular complexity index is 1230. The Hall–Kier alpha value is -3.12. The fourth-order valence-electron chi connectivity index (χ4n) is 3.19. The lowest BCUT2D eigenvalue weighted by Crippen LogP contribution is -2.21. The third kappa shape index (κ3) is 3.05. The number of hydrogen-bond acceptors (Lipinski definition) is 4. The van der Waals surface area contributed by atoms with E-state index in [9.17, 15) is 9.90 Å². The Morgan fingerprint density at radius 2 is 1.68 bits per heavy atom. The molecule has 0 bridgehead atoms. The summed E-state index contributed by atoms with van der Waals surface area (Å²) in [6, 6.07) is 18.0. The normalized spacial score (nSPS) is 11.0. The van der Waals surface area contributed by atoms with Gasteiger partial charge in [-0.05, 0) is 61.0 Å². The number of methoxy groups -OCH3 is 1. The lowest BCUT2D eigenvalue weighted by Gasteiger charge is -2.15. The van der Waals surface area contributed by atoms with Gasteiger partial charge in [0, 0.05) is 10.2 Å². The molecule has 2 aromatic heterocycles. The first-order valence-corrected chi connectivity index (χ1v) is 9.44. The van der Waals surface area contributed by atoms with Gasteiger partial charge < -0.3 is 9.84 Å². The molecule has 0 saturated heterocycles. The topological polar surface area (TPSA) is 64.3 Å². The minimum atomic E-state index is -0.337. The molecule has 4 aromatic rings. The molecule has 5 nitrogen and oxygen atoms in total. The molecule has 0 fully saturated rings. The van der Waals surface area contributed by atoms with Crippen LogP contribution < -0.4 is 10.3 Å². The van der Waals surface area contributed by atoms with Crippen LogP contribution in [-0.4, -0.2) is 21.8 Å². The number of pyridine rings is 2. The predicted octanol–water partition coefficient (Wildman–Crippen LogP) is 4.84. The fraction of sp³-hybridized carbons (Fsp3) is 0.0909. The van der Waals surface area contributed by atoms with Crippen LogP contribution in [0, 0.1) is 6.92 Å². The van der Waals surface area contributed by atoms with Crippen molar-refractivity contribution in [1.82, 2.24) is 9.55 Å². The molecule has 0 unspecified atom stereocenters. The molecule has 4 rings (SSSR count). The van der Waals surface area contributed by atoms with Crippen LogP contribution >= 0.6 is 15.9 Å². The predicted molar refractivity (Wildman–Crippen MR) is 113 cm³/mol. The third-order valence-corrected chi connectivity index (χ3v) is 5.13. The second-order valence-electron chi connectivity index (χ2n) is 6.39. The summed E-state index contributed by atoms with van der Waals surface area (Å²) < 4.78 is 7.64. The van der Waals surface area contributed by atoms with Crippen molar-refractivity contribution >= 4 is 27.0 Å². The van der Waals surface area contributed by atoms with Crippen LogP contribution in [0.4, 0.5) is 0 Å². The van der Waals surface area contributed by atoms with E-state index in [1.807, 2.05) is 37.3 Å². The summed E-state index contributed by atoms with van der Waals surface area (Å²) in [6.07, 6.45) is 0. The van der Waals surface area contributed by atoms with E-state index in [2.05, 4.69) is 20.9 Å². The molecule has 2 aromatic carbocycles. The summed E-state index contributed by atoms with van der Waals surface area (Å²) in [5.41, 5.74) is 2.35. The smallest absolute Gasteiger partial charge is 0.268 e. The van der Waals surface area contributed by atoms with Crippen molar-refractivity contribution in [1.29, 1.82) is 0 Å². The summed E-state index contributed by atoms with van der Waals surface area (Å²) >= 11 is 3.42. The molecule has 0 radical (unpaired) electrons. The van der Waals surface area contributed by atoms with Crippen molar-refractivity contribution in [2.24, 2.45) is 0 Å². The summed E-state index contributed by atoms with van der Waals surface area (Å²) in [4.78, 5) is 18.0. The van der Waals surface area contributed by atoms with E-state index in [4.69, 9.17) is 4.74 Å². The fourth-order valence-corrected chi connectivity index (χ4v) is 3.45. The van der Waals surface area contributed by atoms with E-state index < -0.39 is 0 Å². The van der Waals surface area contributed by atoms with Crippen molar-refractivity contribution in [2.45, 2.75) is 6.92 Å². The maximum Gasteiger partial charge on any atom is 0.268 e. The molecule has 0 saturated carbocycles. The van der Waals surface area contributed by atoms with Crippen molar-refractivity contribution in [3.63, 3.8) is 0 Å². The average Bonchev–Trinajstić information content (AvgIpc) is 2.70. The van der Waals surface area contributed by atoms with Crippen LogP contribution in [0.15, 0.2) is 69.9 Å².